The Kier molecular flexibility index (Phi) is 4.92. The van der Waals surface area contributed by atoms with Crippen molar-refractivity contribution in [3.05, 3.63) is 35.6 Å². The summed E-state index contributed by atoms with van der Waals surface area (Å²) in [6, 6.07) is 5.24. The van der Waals surface area contributed by atoms with E-state index < -0.39 is 23.7 Å². The van der Waals surface area contributed by atoms with Gasteiger partial charge >= 0.3 is 12.1 Å². The molecule has 1 fully saturated rings. The van der Waals surface area contributed by atoms with Gasteiger partial charge in [-0.1, -0.05) is 12.1 Å². The zero-order chi connectivity index (χ0) is 17.2. The van der Waals surface area contributed by atoms with Crippen molar-refractivity contribution >= 4 is 12.1 Å². The first-order valence-electron chi connectivity index (χ1n) is 7.62. The SMILES string of the molecule is CC(C)(C)OC(=O)N1C[C@@H](Cc2ccc(F)cc2)C[C@@H]1C(=O)O. The quantitative estimate of drug-likeness (QED) is 0.928. The Labute approximate surface area is 135 Å². The number of carboxylic acids is 1. The van der Waals surface area contributed by atoms with E-state index in [1.807, 2.05) is 0 Å². The summed E-state index contributed by atoms with van der Waals surface area (Å²) in [7, 11) is 0. The molecule has 0 saturated carbocycles. The molecule has 1 amide bonds. The average Bonchev–Trinajstić information content (AvgIpc) is 2.84. The maximum Gasteiger partial charge on any atom is 0.411 e. The Morgan fingerprint density at radius 3 is 2.43 bits per heavy atom. The number of amides is 1. The van der Waals surface area contributed by atoms with E-state index in [4.69, 9.17) is 4.74 Å². The van der Waals surface area contributed by atoms with Crippen LogP contribution in [-0.2, 0) is 16.0 Å². The Morgan fingerprint density at radius 2 is 1.91 bits per heavy atom. The van der Waals surface area contributed by atoms with E-state index in [1.54, 1.807) is 32.9 Å². The van der Waals surface area contributed by atoms with Crippen molar-refractivity contribution in [2.24, 2.45) is 5.92 Å². The Bertz CT molecular complexity index is 579. The van der Waals surface area contributed by atoms with E-state index in [2.05, 4.69) is 0 Å². The van der Waals surface area contributed by atoms with E-state index in [0.717, 1.165) is 5.56 Å². The predicted molar refractivity (Wildman–Crippen MR) is 82.6 cm³/mol. The third kappa shape index (κ3) is 4.68. The largest absolute Gasteiger partial charge is 0.480 e. The lowest BCUT2D eigenvalue weighted by molar-refractivity contribution is -0.142. The predicted octanol–water partition coefficient (Wildman–Crippen LogP) is 3.08. The zero-order valence-corrected chi connectivity index (χ0v) is 13.6. The van der Waals surface area contributed by atoms with Crippen LogP contribution in [0, 0.1) is 11.7 Å². The molecule has 1 aromatic rings. The molecule has 1 heterocycles. The highest BCUT2D eigenvalue weighted by Gasteiger charge is 2.41. The summed E-state index contributed by atoms with van der Waals surface area (Å²) in [6.07, 6.45) is 0.362. The second-order valence-corrected chi connectivity index (χ2v) is 6.92. The van der Waals surface area contributed by atoms with Crippen LogP contribution in [0.5, 0.6) is 0 Å². The number of benzene rings is 1. The van der Waals surface area contributed by atoms with Crippen molar-refractivity contribution in [1.29, 1.82) is 0 Å². The molecule has 1 N–H and O–H groups in total. The van der Waals surface area contributed by atoms with Crippen LogP contribution in [0.15, 0.2) is 24.3 Å². The number of likely N-dealkylation sites (tertiary alicyclic amines) is 1. The molecule has 1 saturated heterocycles. The number of hydrogen-bond donors (Lipinski definition) is 1. The van der Waals surface area contributed by atoms with Gasteiger partial charge in [-0.15, -0.1) is 0 Å². The standard InChI is InChI=1S/C17H22FNO4/c1-17(2,3)23-16(22)19-10-12(9-14(19)15(20)21)8-11-4-6-13(18)7-5-11/h4-7,12,14H,8-10H2,1-3H3,(H,20,21)/t12-,14+/m0/s1. The van der Waals surface area contributed by atoms with Crippen LogP contribution in [0.3, 0.4) is 0 Å². The van der Waals surface area contributed by atoms with Crippen LogP contribution in [0.2, 0.25) is 0 Å². The molecule has 23 heavy (non-hydrogen) atoms. The second-order valence-electron chi connectivity index (χ2n) is 6.92. The van der Waals surface area contributed by atoms with Gasteiger partial charge in [-0.25, -0.2) is 14.0 Å². The maximum atomic E-state index is 12.9. The minimum atomic E-state index is -1.03. The Balaban J connectivity index is 2.06. The number of aliphatic carboxylic acids is 1. The topological polar surface area (TPSA) is 66.8 Å². The summed E-state index contributed by atoms with van der Waals surface area (Å²) in [5, 5.41) is 9.35. The number of ether oxygens (including phenoxy) is 1. The van der Waals surface area contributed by atoms with E-state index in [0.29, 0.717) is 19.4 Å². The molecule has 0 spiro atoms. The van der Waals surface area contributed by atoms with Crippen molar-refractivity contribution < 1.29 is 23.8 Å². The molecule has 0 aliphatic carbocycles. The van der Waals surface area contributed by atoms with Crippen molar-refractivity contribution in [1.82, 2.24) is 4.90 Å². The van der Waals surface area contributed by atoms with Crippen molar-refractivity contribution in [2.75, 3.05) is 6.54 Å². The van der Waals surface area contributed by atoms with E-state index >= 15 is 0 Å². The van der Waals surface area contributed by atoms with Gasteiger partial charge < -0.3 is 9.84 Å². The first-order chi connectivity index (χ1) is 10.7. The van der Waals surface area contributed by atoms with Crippen LogP contribution < -0.4 is 0 Å². The molecule has 2 atom stereocenters. The van der Waals surface area contributed by atoms with Crippen LogP contribution in [0.1, 0.15) is 32.8 Å². The van der Waals surface area contributed by atoms with Crippen LogP contribution in [0.25, 0.3) is 0 Å². The van der Waals surface area contributed by atoms with Gasteiger partial charge in [-0.05, 0) is 57.2 Å². The van der Waals surface area contributed by atoms with Gasteiger partial charge in [0.25, 0.3) is 0 Å². The van der Waals surface area contributed by atoms with Crippen molar-refractivity contribution in [3.8, 4) is 0 Å². The van der Waals surface area contributed by atoms with Gasteiger partial charge in [0.05, 0.1) is 0 Å². The number of carbonyl (C=O) groups is 2. The summed E-state index contributed by atoms with van der Waals surface area (Å²) in [5.74, 6) is -1.33. The number of carboxylic acid groups (broad SMARTS) is 1. The van der Waals surface area contributed by atoms with Gasteiger partial charge in [0, 0.05) is 6.54 Å². The molecule has 0 aromatic heterocycles. The number of carbonyl (C=O) groups excluding carboxylic acids is 1. The van der Waals surface area contributed by atoms with Crippen LogP contribution >= 0.6 is 0 Å². The van der Waals surface area contributed by atoms with E-state index in [1.165, 1.54) is 17.0 Å². The monoisotopic (exact) mass is 323 g/mol. The summed E-state index contributed by atoms with van der Waals surface area (Å²) in [4.78, 5) is 24.9. The maximum absolute atomic E-state index is 12.9. The van der Waals surface area contributed by atoms with Gasteiger partial charge in [-0.2, -0.15) is 0 Å². The van der Waals surface area contributed by atoms with Crippen molar-refractivity contribution in [2.45, 2.75) is 45.3 Å². The molecule has 0 bridgehead atoms. The molecule has 1 aromatic carbocycles. The van der Waals surface area contributed by atoms with Crippen molar-refractivity contribution in [3.63, 3.8) is 0 Å². The number of halogens is 1. The lowest BCUT2D eigenvalue weighted by Crippen LogP contribution is -2.43. The molecule has 6 heteroatoms. The first-order valence-corrected chi connectivity index (χ1v) is 7.62. The molecule has 2 rings (SSSR count). The molecule has 0 radical (unpaired) electrons. The second kappa shape index (κ2) is 6.56. The Morgan fingerprint density at radius 1 is 1.30 bits per heavy atom. The number of rotatable bonds is 3. The van der Waals surface area contributed by atoms with Crippen LogP contribution in [0.4, 0.5) is 9.18 Å². The number of nitrogens with zero attached hydrogens (tertiary/aromatic N) is 1. The normalized spacial score (nSPS) is 21.3. The molecular weight excluding hydrogens is 301 g/mol. The highest BCUT2D eigenvalue weighted by Crippen LogP contribution is 2.28. The molecule has 0 unspecified atom stereocenters. The van der Waals surface area contributed by atoms with Crippen LogP contribution in [-0.4, -0.2) is 40.3 Å². The van der Waals surface area contributed by atoms with Gasteiger partial charge in [0.1, 0.15) is 17.5 Å². The van der Waals surface area contributed by atoms with Gasteiger partial charge in [0.2, 0.25) is 0 Å². The minimum absolute atomic E-state index is 0.00841. The molecule has 5 nitrogen and oxygen atoms in total. The smallest absolute Gasteiger partial charge is 0.411 e. The molecule has 1 aliphatic rings. The van der Waals surface area contributed by atoms with Gasteiger partial charge in [0.15, 0.2) is 0 Å². The third-order valence-corrected chi connectivity index (χ3v) is 3.74. The highest BCUT2D eigenvalue weighted by molar-refractivity contribution is 5.81. The summed E-state index contributed by atoms with van der Waals surface area (Å²) < 4.78 is 18.2. The summed E-state index contributed by atoms with van der Waals surface area (Å²) in [5.41, 5.74) is 0.251. The van der Waals surface area contributed by atoms with Gasteiger partial charge in [-0.3, -0.25) is 4.90 Å². The zero-order valence-electron chi connectivity index (χ0n) is 13.6. The highest BCUT2D eigenvalue weighted by atomic mass is 19.1. The lowest BCUT2D eigenvalue weighted by atomic mass is 9.97. The fraction of sp³-hybridized carbons (Fsp3) is 0.529. The lowest BCUT2D eigenvalue weighted by Gasteiger charge is -2.26. The summed E-state index contributed by atoms with van der Waals surface area (Å²) in [6.45, 7) is 5.55. The molecule has 1 aliphatic heterocycles. The molecule has 126 valence electrons. The average molecular weight is 323 g/mol. The first kappa shape index (κ1) is 17.2. The summed E-state index contributed by atoms with van der Waals surface area (Å²) >= 11 is 0. The minimum Gasteiger partial charge on any atom is -0.480 e. The third-order valence-electron chi connectivity index (χ3n) is 3.74. The van der Waals surface area contributed by atoms with E-state index in [9.17, 15) is 19.1 Å². The Hall–Kier alpha value is -2.11. The van der Waals surface area contributed by atoms with E-state index in [-0.39, 0.29) is 11.7 Å². The fourth-order valence-corrected chi connectivity index (χ4v) is 2.78. The number of hydrogen-bond acceptors (Lipinski definition) is 3. The fourth-order valence-electron chi connectivity index (χ4n) is 2.78. The molecular formula is C17H22FNO4.